The lowest BCUT2D eigenvalue weighted by molar-refractivity contribution is 1.08. The van der Waals surface area contributed by atoms with Crippen molar-refractivity contribution in [3.8, 4) is 45.5 Å². The van der Waals surface area contributed by atoms with Gasteiger partial charge < -0.3 is 9.13 Å². The summed E-state index contributed by atoms with van der Waals surface area (Å²) in [6.07, 6.45) is 0. The lowest BCUT2D eigenvalue weighted by atomic mass is 9.96. The zero-order valence-electron chi connectivity index (χ0n) is 37.8. The molecule has 0 aliphatic rings. The van der Waals surface area contributed by atoms with E-state index in [-0.39, 0.29) is 0 Å². The van der Waals surface area contributed by atoms with Crippen LogP contribution in [0, 0.1) is 0 Å². The quantitative estimate of drug-likeness (QED) is 0.162. The highest BCUT2D eigenvalue weighted by molar-refractivity contribution is 6.25. The van der Waals surface area contributed by atoms with E-state index in [1.54, 1.807) is 0 Å². The first kappa shape index (κ1) is 38.6. The topological polar surface area (TPSA) is 48.5 Å². The van der Waals surface area contributed by atoms with E-state index in [4.69, 9.17) is 15.0 Å². The van der Waals surface area contributed by atoms with E-state index in [1.807, 2.05) is 18.2 Å². The van der Waals surface area contributed by atoms with Crippen LogP contribution in [0.5, 0.6) is 0 Å². The normalized spacial score (nSPS) is 12.0. The molecule has 0 unspecified atom stereocenters. The molecule has 15 aromatic rings. The molecule has 5 nitrogen and oxygen atoms in total. The summed E-state index contributed by atoms with van der Waals surface area (Å²) < 4.78 is 5.03. The number of hydrogen-bond donors (Lipinski definition) is 0. The summed E-state index contributed by atoms with van der Waals surface area (Å²) >= 11 is 0. The Bertz CT molecular complexity index is 4660. The molecule has 3 heterocycles. The van der Waals surface area contributed by atoms with Crippen molar-refractivity contribution in [1.82, 2.24) is 24.1 Å². The molecule has 5 heteroatoms. The van der Waals surface area contributed by atoms with Crippen LogP contribution in [0.3, 0.4) is 0 Å². The molecule has 0 saturated carbocycles. The number of aromatic nitrogens is 5. The van der Waals surface area contributed by atoms with Crippen LogP contribution in [0.1, 0.15) is 0 Å². The fourth-order valence-corrected chi connectivity index (χ4v) is 11.5. The van der Waals surface area contributed by atoms with Crippen molar-refractivity contribution in [2.45, 2.75) is 0 Å². The molecule has 0 fully saturated rings. The van der Waals surface area contributed by atoms with Crippen molar-refractivity contribution < 1.29 is 0 Å². The molecular formula is C65H39N5. The Labute approximate surface area is 401 Å². The Balaban J connectivity index is 1.02. The summed E-state index contributed by atoms with van der Waals surface area (Å²) in [5.41, 5.74) is 9.77. The van der Waals surface area contributed by atoms with Crippen LogP contribution in [-0.2, 0) is 0 Å². The number of nitrogens with zero attached hydrogens (tertiary/aromatic N) is 5. The molecule has 0 bridgehead atoms. The van der Waals surface area contributed by atoms with Gasteiger partial charge in [-0.2, -0.15) is 0 Å². The van der Waals surface area contributed by atoms with Crippen molar-refractivity contribution in [2.24, 2.45) is 0 Å². The Morgan fingerprint density at radius 3 is 1.61 bits per heavy atom. The minimum Gasteiger partial charge on any atom is -0.309 e. The summed E-state index contributed by atoms with van der Waals surface area (Å²) in [4.78, 5) is 16.0. The molecule has 70 heavy (non-hydrogen) atoms. The summed E-state index contributed by atoms with van der Waals surface area (Å²) in [5.74, 6) is 1.89. The standard InChI is InChI=1S/C65H39N5/c1-2-19-41(20-3-1)63-66-64(68-65(67-63)55-38-42-21-5-7-23-44(42)47-26-10-11-27-48(47)55)53-32-16-31-50-49(53)30-17-35-56(50)69-58-34-15-13-29-54(58)60-59(69)39-43-22-6-9-25-46(43)62(60)70-57-33-14-12-28-51(57)52-37-36-40-18-4-8-24-45(40)61(52)70/h1-39H. The van der Waals surface area contributed by atoms with Crippen molar-refractivity contribution in [1.29, 1.82) is 0 Å². The highest BCUT2D eigenvalue weighted by Gasteiger charge is 2.25. The largest absolute Gasteiger partial charge is 0.309 e. The maximum Gasteiger partial charge on any atom is 0.164 e. The summed E-state index contributed by atoms with van der Waals surface area (Å²) in [6.45, 7) is 0. The Kier molecular flexibility index (Phi) is 8.29. The second-order valence-corrected chi connectivity index (χ2v) is 18.3. The summed E-state index contributed by atoms with van der Waals surface area (Å²) in [6, 6.07) is 85.2. The van der Waals surface area contributed by atoms with E-state index < -0.39 is 0 Å². The van der Waals surface area contributed by atoms with Gasteiger partial charge in [-0.3, -0.25) is 0 Å². The van der Waals surface area contributed by atoms with Crippen molar-refractivity contribution in [3.05, 3.63) is 237 Å². The van der Waals surface area contributed by atoms with Gasteiger partial charge in [-0.1, -0.05) is 206 Å². The summed E-state index contributed by atoms with van der Waals surface area (Å²) in [5, 5.41) is 16.5. The SMILES string of the molecule is c1ccc(-c2nc(-c3cccc4c(-n5c6ccccc6c6c(-n7c8ccccc8c8ccc9ccccc9c87)c7ccccc7cc65)cccc34)nc(-c3cc4ccccc4c4ccccc34)n2)cc1. The van der Waals surface area contributed by atoms with Crippen LogP contribution in [0.15, 0.2) is 237 Å². The zero-order valence-corrected chi connectivity index (χ0v) is 37.8. The van der Waals surface area contributed by atoms with E-state index in [0.717, 1.165) is 55.0 Å². The predicted octanol–water partition coefficient (Wildman–Crippen LogP) is 16.8. The third-order valence-corrected chi connectivity index (χ3v) is 14.5. The third-order valence-electron chi connectivity index (χ3n) is 14.5. The van der Waals surface area contributed by atoms with Gasteiger partial charge in [0.2, 0.25) is 0 Å². The van der Waals surface area contributed by atoms with Crippen molar-refractivity contribution >= 4 is 97.5 Å². The molecule has 0 atom stereocenters. The first-order chi connectivity index (χ1) is 34.7. The maximum absolute atomic E-state index is 5.41. The van der Waals surface area contributed by atoms with E-state index in [1.165, 1.54) is 70.6 Å². The molecule has 0 N–H and O–H groups in total. The fourth-order valence-electron chi connectivity index (χ4n) is 11.5. The highest BCUT2D eigenvalue weighted by atomic mass is 15.0. The average molecular weight is 890 g/mol. The van der Waals surface area contributed by atoms with Gasteiger partial charge in [-0.25, -0.2) is 15.0 Å². The molecular weight excluding hydrogens is 851 g/mol. The van der Waals surface area contributed by atoms with Crippen LogP contribution < -0.4 is 0 Å². The van der Waals surface area contributed by atoms with Crippen LogP contribution in [0.25, 0.3) is 143 Å². The molecule has 0 spiro atoms. The number of fused-ring (bicyclic) bond motifs is 13. The molecule has 12 aromatic carbocycles. The molecule has 0 aliphatic carbocycles. The van der Waals surface area contributed by atoms with E-state index in [9.17, 15) is 0 Å². The van der Waals surface area contributed by atoms with Crippen molar-refractivity contribution in [3.63, 3.8) is 0 Å². The number of benzene rings is 12. The van der Waals surface area contributed by atoms with Crippen LogP contribution >= 0.6 is 0 Å². The number of rotatable bonds is 5. The zero-order chi connectivity index (χ0) is 45.9. The Hall–Kier alpha value is -9.45. The predicted molar refractivity (Wildman–Crippen MR) is 292 cm³/mol. The number of para-hydroxylation sites is 2. The summed E-state index contributed by atoms with van der Waals surface area (Å²) in [7, 11) is 0. The molecule has 0 radical (unpaired) electrons. The van der Waals surface area contributed by atoms with E-state index in [0.29, 0.717) is 17.5 Å². The van der Waals surface area contributed by atoms with Crippen LogP contribution in [-0.4, -0.2) is 24.1 Å². The van der Waals surface area contributed by atoms with Gasteiger partial charge >= 0.3 is 0 Å². The van der Waals surface area contributed by atoms with Crippen LogP contribution in [0.2, 0.25) is 0 Å². The third kappa shape index (κ3) is 5.63. The average Bonchev–Trinajstić information content (AvgIpc) is 3.94. The lowest BCUT2D eigenvalue weighted by Crippen LogP contribution is -2.02. The Morgan fingerprint density at radius 1 is 0.271 bits per heavy atom. The van der Waals surface area contributed by atoms with Gasteiger partial charge in [-0.05, 0) is 68.0 Å². The van der Waals surface area contributed by atoms with E-state index >= 15 is 0 Å². The lowest BCUT2D eigenvalue weighted by Gasteiger charge is -2.17. The molecule has 0 aliphatic heterocycles. The second kappa shape index (κ2) is 15.0. The van der Waals surface area contributed by atoms with Gasteiger partial charge in [-0.15, -0.1) is 0 Å². The maximum atomic E-state index is 5.41. The van der Waals surface area contributed by atoms with Gasteiger partial charge in [0.25, 0.3) is 0 Å². The molecule has 324 valence electrons. The first-order valence-electron chi connectivity index (χ1n) is 23.9. The van der Waals surface area contributed by atoms with Gasteiger partial charge in [0.1, 0.15) is 0 Å². The van der Waals surface area contributed by atoms with Gasteiger partial charge in [0, 0.05) is 54.4 Å². The minimum absolute atomic E-state index is 0.623. The van der Waals surface area contributed by atoms with Gasteiger partial charge in [0.05, 0.1) is 33.4 Å². The van der Waals surface area contributed by atoms with Crippen LogP contribution in [0.4, 0.5) is 0 Å². The fraction of sp³-hybridized carbons (Fsp3) is 0. The smallest absolute Gasteiger partial charge is 0.164 e. The Morgan fingerprint density at radius 2 is 0.814 bits per heavy atom. The van der Waals surface area contributed by atoms with Crippen molar-refractivity contribution in [2.75, 3.05) is 0 Å². The highest BCUT2D eigenvalue weighted by Crippen LogP contribution is 2.46. The molecule has 0 saturated heterocycles. The first-order valence-corrected chi connectivity index (χ1v) is 23.9. The molecule has 3 aromatic heterocycles. The van der Waals surface area contributed by atoms with Gasteiger partial charge in [0.15, 0.2) is 17.5 Å². The number of hydrogen-bond acceptors (Lipinski definition) is 3. The molecule has 15 rings (SSSR count). The molecule has 0 amide bonds. The second-order valence-electron chi connectivity index (χ2n) is 18.3. The van der Waals surface area contributed by atoms with E-state index in [2.05, 4.69) is 228 Å². The monoisotopic (exact) mass is 889 g/mol. The minimum atomic E-state index is 0.623.